The molecule has 2 N–H and O–H groups in total. The van der Waals surface area contributed by atoms with Gasteiger partial charge in [-0.3, -0.25) is 4.79 Å². The minimum absolute atomic E-state index is 0.120. The van der Waals surface area contributed by atoms with Crippen LogP contribution >= 0.6 is 23.2 Å². The van der Waals surface area contributed by atoms with Crippen molar-refractivity contribution in [1.29, 1.82) is 0 Å². The Morgan fingerprint density at radius 1 is 1.35 bits per heavy atom. The lowest BCUT2D eigenvalue weighted by molar-refractivity contribution is -0.119. The average Bonchev–Trinajstić information content (AvgIpc) is 3.14. The lowest BCUT2D eigenvalue weighted by atomic mass is 9.87. The normalized spacial score (nSPS) is 23.4. The second-order valence-corrected chi connectivity index (χ2v) is 7.59. The second kappa shape index (κ2) is 6.33. The van der Waals surface area contributed by atoms with Gasteiger partial charge in [-0.2, -0.15) is 0 Å². The average molecular weight is 358 g/mol. The predicted molar refractivity (Wildman–Crippen MR) is 90.9 cm³/mol. The molecular formula is C17H21Cl2NO3. The number of benzene rings is 1. The molecule has 0 saturated heterocycles. The van der Waals surface area contributed by atoms with Gasteiger partial charge in [0.1, 0.15) is 11.4 Å². The van der Waals surface area contributed by atoms with E-state index in [1.807, 2.05) is 19.9 Å². The molecular weight excluding hydrogens is 337 g/mol. The highest BCUT2D eigenvalue weighted by molar-refractivity contribution is 6.42. The maximum Gasteiger partial charge on any atom is 0.405 e. The lowest BCUT2D eigenvalue weighted by Gasteiger charge is -2.24. The zero-order valence-electron chi connectivity index (χ0n) is 13.5. The number of hydrogen-bond acceptors (Lipinski definition) is 3. The van der Waals surface area contributed by atoms with Gasteiger partial charge in [0.05, 0.1) is 15.5 Å². The molecule has 1 aromatic rings. The molecule has 4 nitrogen and oxygen atoms in total. The van der Waals surface area contributed by atoms with Crippen molar-refractivity contribution in [2.45, 2.75) is 51.0 Å². The van der Waals surface area contributed by atoms with Crippen molar-refractivity contribution in [2.75, 3.05) is 0 Å². The van der Waals surface area contributed by atoms with Crippen LogP contribution in [0, 0.1) is 5.92 Å². The van der Waals surface area contributed by atoms with E-state index in [4.69, 9.17) is 33.7 Å². The molecule has 2 rings (SSSR count). The Labute approximate surface area is 146 Å². The fraction of sp³-hybridized carbons (Fsp3) is 0.529. The number of nitrogens with two attached hydrogens (primary N) is 1. The Hall–Kier alpha value is -1.26. The van der Waals surface area contributed by atoms with E-state index < -0.39 is 17.1 Å². The summed E-state index contributed by atoms with van der Waals surface area (Å²) >= 11 is 12.1. The van der Waals surface area contributed by atoms with Crippen molar-refractivity contribution in [3.63, 3.8) is 0 Å². The highest BCUT2D eigenvalue weighted by Gasteiger charge is 2.58. The Bertz CT molecular complexity index is 645. The van der Waals surface area contributed by atoms with Gasteiger partial charge in [0.2, 0.25) is 0 Å². The maximum atomic E-state index is 12.3. The van der Waals surface area contributed by atoms with E-state index in [1.54, 1.807) is 19.1 Å². The van der Waals surface area contributed by atoms with Crippen LogP contribution in [-0.2, 0) is 14.9 Å². The van der Waals surface area contributed by atoms with E-state index in [1.165, 1.54) is 0 Å². The summed E-state index contributed by atoms with van der Waals surface area (Å²) in [7, 11) is 0. The summed E-state index contributed by atoms with van der Waals surface area (Å²) in [6.45, 7) is 5.23. The van der Waals surface area contributed by atoms with Crippen LogP contribution < -0.4 is 5.73 Å². The number of rotatable bonds is 6. The predicted octanol–water partition coefficient (Wildman–Crippen LogP) is 4.49. The van der Waals surface area contributed by atoms with Gasteiger partial charge >= 0.3 is 6.09 Å². The number of carbonyl (C=O) groups excluding carboxylic acids is 2. The minimum Gasteiger partial charge on any atom is -0.444 e. The summed E-state index contributed by atoms with van der Waals surface area (Å²) in [6.07, 6.45) is 1.39. The van der Waals surface area contributed by atoms with Gasteiger partial charge in [0.25, 0.3) is 0 Å². The van der Waals surface area contributed by atoms with Crippen molar-refractivity contribution >= 4 is 35.1 Å². The fourth-order valence-corrected chi connectivity index (χ4v) is 3.58. The molecule has 2 atom stereocenters. The Morgan fingerprint density at radius 2 is 2.00 bits per heavy atom. The molecule has 1 aromatic carbocycles. The number of primary amides is 1. The monoisotopic (exact) mass is 357 g/mol. The van der Waals surface area contributed by atoms with E-state index in [0.717, 1.165) is 18.4 Å². The summed E-state index contributed by atoms with van der Waals surface area (Å²) in [5.41, 5.74) is 4.84. The van der Waals surface area contributed by atoms with Gasteiger partial charge in [0.15, 0.2) is 0 Å². The zero-order valence-corrected chi connectivity index (χ0v) is 15.0. The van der Waals surface area contributed by atoms with Gasteiger partial charge in [-0.1, -0.05) is 29.3 Å². The first kappa shape index (κ1) is 18.1. The van der Waals surface area contributed by atoms with E-state index in [-0.39, 0.29) is 11.7 Å². The quantitative estimate of drug-likeness (QED) is 0.814. The molecule has 0 aliphatic heterocycles. The van der Waals surface area contributed by atoms with Crippen LogP contribution in [0.4, 0.5) is 4.79 Å². The van der Waals surface area contributed by atoms with Crippen molar-refractivity contribution in [2.24, 2.45) is 11.7 Å². The van der Waals surface area contributed by atoms with Crippen LogP contribution in [0.2, 0.25) is 10.0 Å². The Kier molecular flexibility index (Phi) is 4.97. The molecule has 0 radical (unpaired) electrons. The first-order valence-electron chi connectivity index (χ1n) is 7.53. The third kappa shape index (κ3) is 3.81. The van der Waals surface area contributed by atoms with Gasteiger partial charge < -0.3 is 10.5 Å². The van der Waals surface area contributed by atoms with Crippen LogP contribution in [0.1, 0.15) is 45.6 Å². The third-order valence-corrected chi connectivity index (χ3v) is 5.38. The van der Waals surface area contributed by atoms with E-state index in [2.05, 4.69) is 0 Å². The van der Waals surface area contributed by atoms with Gasteiger partial charge in [-0.05, 0) is 63.6 Å². The highest BCUT2D eigenvalue weighted by atomic mass is 35.5. The second-order valence-electron chi connectivity index (χ2n) is 6.78. The van der Waals surface area contributed by atoms with Crippen molar-refractivity contribution in [1.82, 2.24) is 0 Å². The van der Waals surface area contributed by atoms with Gasteiger partial charge in [-0.25, -0.2) is 4.79 Å². The van der Waals surface area contributed by atoms with Crippen molar-refractivity contribution in [3.05, 3.63) is 33.8 Å². The highest BCUT2D eigenvalue weighted by Crippen LogP contribution is 2.58. The number of Topliss-reactive ketones (excluding diaryl/α,β-unsaturated/α-hetero) is 1. The molecule has 1 aliphatic carbocycles. The number of ketones is 1. The smallest absolute Gasteiger partial charge is 0.405 e. The van der Waals surface area contributed by atoms with E-state index >= 15 is 0 Å². The molecule has 1 aliphatic rings. The summed E-state index contributed by atoms with van der Waals surface area (Å²) in [4.78, 5) is 23.2. The minimum atomic E-state index is -0.784. The summed E-state index contributed by atoms with van der Waals surface area (Å²) in [5.74, 6) is 0.322. The van der Waals surface area contributed by atoms with Crippen LogP contribution in [-0.4, -0.2) is 17.5 Å². The van der Waals surface area contributed by atoms with Crippen LogP contribution in [0.15, 0.2) is 18.2 Å². The third-order valence-electron chi connectivity index (χ3n) is 4.64. The molecule has 0 spiro atoms. The number of ether oxygens (including phenoxy) is 1. The number of carbonyl (C=O) groups is 2. The largest absolute Gasteiger partial charge is 0.444 e. The van der Waals surface area contributed by atoms with Crippen LogP contribution in [0.25, 0.3) is 0 Å². The Balaban J connectivity index is 2.12. The Morgan fingerprint density at radius 3 is 2.52 bits per heavy atom. The van der Waals surface area contributed by atoms with Gasteiger partial charge in [0, 0.05) is 0 Å². The fourth-order valence-electron chi connectivity index (χ4n) is 3.28. The van der Waals surface area contributed by atoms with Crippen LogP contribution in [0.3, 0.4) is 0 Å². The first-order valence-corrected chi connectivity index (χ1v) is 8.29. The topological polar surface area (TPSA) is 69.4 Å². The number of amides is 1. The maximum absolute atomic E-state index is 12.3. The van der Waals surface area contributed by atoms with Crippen molar-refractivity contribution in [3.8, 4) is 0 Å². The summed E-state index contributed by atoms with van der Waals surface area (Å²) < 4.78 is 5.10. The zero-order chi connectivity index (χ0) is 17.4. The van der Waals surface area contributed by atoms with E-state index in [9.17, 15) is 9.59 Å². The molecule has 0 heterocycles. The molecule has 126 valence electrons. The summed E-state index contributed by atoms with van der Waals surface area (Å²) in [6, 6.07) is 5.36. The molecule has 23 heavy (non-hydrogen) atoms. The molecule has 1 fully saturated rings. The van der Waals surface area contributed by atoms with Crippen LogP contribution in [0.5, 0.6) is 0 Å². The lowest BCUT2D eigenvalue weighted by Crippen LogP contribution is -2.31. The molecule has 6 heteroatoms. The van der Waals surface area contributed by atoms with Gasteiger partial charge in [-0.15, -0.1) is 0 Å². The number of halogens is 2. The standard InChI is InChI=1S/C17H21Cl2NO3/c1-10(21)17(11-4-5-13(18)14(19)8-11)9-12(17)6-7-16(2,3)23-15(20)22/h4-5,8,12H,6-7,9H2,1-3H3,(H2,20,22). The molecule has 0 bridgehead atoms. The molecule has 1 amide bonds. The van der Waals surface area contributed by atoms with E-state index in [0.29, 0.717) is 16.5 Å². The molecule has 1 saturated carbocycles. The number of hydrogen-bond donors (Lipinski definition) is 1. The molecule has 2 unspecified atom stereocenters. The van der Waals surface area contributed by atoms with Crippen molar-refractivity contribution < 1.29 is 14.3 Å². The SMILES string of the molecule is CC(=O)C1(c2ccc(Cl)c(Cl)c2)CC1CCC(C)(C)OC(N)=O. The summed E-state index contributed by atoms with van der Waals surface area (Å²) in [5, 5.41) is 0.926. The molecule has 0 aromatic heterocycles. The first-order chi connectivity index (χ1) is 10.6.